The molecule has 1 saturated heterocycles. The lowest BCUT2D eigenvalue weighted by atomic mass is 10.0. The van der Waals surface area contributed by atoms with Crippen LogP contribution >= 0.6 is 0 Å². The van der Waals surface area contributed by atoms with Crippen molar-refractivity contribution in [3.8, 4) is 0 Å². The van der Waals surface area contributed by atoms with Crippen molar-refractivity contribution >= 4 is 5.82 Å². The Bertz CT molecular complexity index is 354. The van der Waals surface area contributed by atoms with E-state index >= 15 is 0 Å². The van der Waals surface area contributed by atoms with Gasteiger partial charge >= 0.3 is 0 Å². The normalized spacial score (nSPS) is 24.6. The molecule has 1 aromatic rings. The Kier molecular flexibility index (Phi) is 3.36. The molecule has 1 fully saturated rings. The molecule has 1 aliphatic rings. The molecule has 2 rings (SSSR count). The molecule has 0 radical (unpaired) electrons. The van der Waals surface area contributed by atoms with Crippen LogP contribution in [0.2, 0.25) is 0 Å². The monoisotopic (exact) mass is 226 g/mol. The van der Waals surface area contributed by atoms with Gasteiger partial charge in [0.1, 0.15) is 11.4 Å². The summed E-state index contributed by atoms with van der Waals surface area (Å²) in [6.45, 7) is 1.83. The van der Waals surface area contributed by atoms with Gasteiger partial charge in [0.25, 0.3) is 0 Å². The van der Waals surface area contributed by atoms with Crippen molar-refractivity contribution in [1.82, 2.24) is 4.98 Å². The maximum Gasteiger partial charge on any atom is 0.214 e. The highest BCUT2D eigenvalue weighted by atomic mass is 19.1. The van der Waals surface area contributed by atoms with E-state index in [0.29, 0.717) is 25.6 Å². The standard InChI is InChI=1S/C11H15FN2O2/c1-15-11(5-6-16-8-11)7-13-10-4-2-3-9(12)14-10/h2-4H,5-8H2,1H3,(H,13,14). The lowest BCUT2D eigenvalue weighted by molar-refractivity contribution is -0.00626. The molecule has 1 aromatic heterocycles. The van der Waals surface area contributed by atoms with Crippen molar-refractivity contribution < 1.29 is 13.9 Å². The molecule has 5 heteroatoms. The highest BCUT2D eigenvalue weighted by molar-refractivity contribution is 5.34. The van der Waals surface area contributed by atoms with Crippen LogP contribution in [0.15, 0.2) is 18.2 Å². The largest absolute Gasteiger partial charge is 0.378 e. The fraction of sp³-hybridized carbons (Fsp3) is 0.545. The van der Waals surface area contributed by atoms with Gasteiger partial charge in [-0.2, -0.15) is 4.39 Å². The van der Waals surface area contributed by atoms with Crippen molar-refractivity contribution in [3.63, 3.8) is 0 Å². The first-order valence-electron chi connectivity index (χ1n) is 5.23. The van der Waals surface area contributed by atoms with E-state index in [-0.39, 0.29) is 5.60 Å². The van der Waals surface area contributed by atoms with Crippen LogP contribution in [0.3, 0.4) is 0 Å². The Morgan fingerprint density at radius 2 is 2.50 bits per heavy atom. The van der Waals surface area contributed by atoms with Crippen LogP contribution < -0.4 is 5.32 Å². The third-order valence-electron chi connectivity index (χ3n) is 2.81. The summed E-state index contributed by atoms with van der Waals surface area (Å²) < 4.78 is 23.6. The number of rotatable bonds is 4. The molecule has 2 heterocycles. The predicted octanol–water partition coefficient (Wildman–Crippen LogP) is 1.44. The van der Waals surface area contributed by atoms with Gasteiger partial charge in [-0.3, -0.25) is 0 Å². The molecule has 0 aromatic carbocycles. The summed E-state index contributed by atoms with van der Waals surface area (Å²) in [5.74, 6) is 0.0301. The van der Waals surface area contributed by atoms with E-state index in [2.05, 4.69) is 10.3 Å². The zero-order chi connectivity index (χ0) is 11.4. The number of nitrogens with zero attached hydrogens (tertiary/aromatic N) is 1. The second kappa shape index (κ2) is 4.76. The first-order valence-corrected chi connectivity index (χ1v) is 5.23. The van der Waals surface area contributed by atoms with E-state index in [1.807, 2.05) is 0 Å². The Morgan fingerprint density at radius 1 is 1.62 bits per heavy atom. The Morgan fingerprint density at radius 3 is 3.12 bits per heavy atom. The summed E-state index contributed by atoms with van der Waals surface area (Å²) in [7, 11) is 1.66. The van der Waals surface area contributed by atoms with E-state index in [9.17, 15) is 4.39 Å². The fourth-order valence-electron chi connectivity index (χ4n) is 1.72. The summed E-state index contributed by atoms with van der Waals surface area (Å²) in [5.41, 5.74) is -0.312. The molecule has 0 amide bonds. The van der Waals surface area contributed by atoms with Gasteiger partial charge in [0, 0.05) is 26.7 Å². The molecule has 88 valence electrons. The number of anilines is 1. The minimum Gasteiger partial charge on any atom is -0.378 e. The average molecular weight is 226 g/mol. The second-order valence-electron chi connectivity index (χ2n) is 3.89. The number of methoxy groups -OCH3 is 1. The number of halogens is 1. The zero-order valence-electron chi connectivity index (χ0n) is 9.20. The SMILES string of the molecule is COC1(CNc2cccc(F)n2)CCOC1. The Labute approximate surface area is 93.8 Å². The lowest BCUT2D eigenvalue weighted by Crippen LogP contribution is -2.39. The second-order valence-corrected chi connectivity index (χ2v) is 3.89. The van der Waals surface area contributed by atoms with Gasteiger partial charge < -0.3 is 14.8 Å². The van der Waals surface area contributed by atoms with Crippen molar-refractivity contribution in [3.05, 3.63) is 24.1 Å². The third kappa shape index (κ3) is 2.48. The lowest BCUT2D eigenvalue weighted by Gasteiger charge is -2.26. The Hall–Kier alpha value is -1.20. The van der Waals surface area contributed by atoms with Crippen LogP contribution in [0.1, 0.15) is 6.42 Å². The molecule has 4 nitrogen and oxygen atoms in total. The fourth-order valence-corrected chi connectivity index (χ4v) is 1.72. The molecular weight excluding hydrogens is 211 g/mol. The molecule has 1 atom stereocenters. The van der Waals surface area contributed by atoms with Crippen LogP contribution in [-0.4, -0.2) is 37.5 Å². The topological polar surface area (TPSA) is 43.4 Å². The zero-order valence-corrected chi connectivity index (χ0v) is 9.20. The number of hydrogen-bond acceptors (Lipinski definition) is 4. The third-order valence-corrected chi connectivity index (χ3v) is 2.81. The van der Waals surface area contributed by atoms with Crippen LogP contribution in [0, 0.1) is 5.95 Å². The summed E-state index contributed by atoms with van der Waals surface area (Å²) >= 11 is 0. The molecule has 0 spiro atoms. The number of ether oxygens (including phenoxy) is 2. The van der Waals surface area contributed by atoms with Crippen molar-refractivity contribution in [1.29, 1.82) is 0 Å². The van der Waals surface area contributed by atoms with E-state index in [0.717, 1.165) is 6.42 Å². The maximum absolute atomic E-state index is 12.8. The van der Waals surface area contributed by atoms with Crippen molar-refractivity contribution in [2.45, 2.75) is 12.0 Å². The minimum atomic E-state index is -0.487. The van der Waals surface area contributed by atoms with Gasteiger partial charge in [0.15, 0.2) is 0 Å². The molecule has 0 bridgehead atoms. The van der Waals surface area contributed by atoms with E-state index in [1.165, 1.54) is 6.07 Å². The molecule has 0 aliphatic carbocycles. The number of hydrogen-bond donors (Lipinski definition) is 1. The molecule has 1 aliphatic heterocycles. The van der Waals surface area contributed by atoms with Crippen LogP contribution in [0.5, 0.6) is 0 Å². The van der Waals surface area contributed by atoms with Gasteiger partial charge in [-0.05, 0) is 12.1 Å². The molecule has 0 saturated carbocycles. The minimum absolute atomic E-state index is 0.312. The summed E-state index contributed by atoms with van der Waals surface area (Å²) in [5, 5.41) is 3.06. The van der Waals surface area contributed by atoms with Crippen LogP contribution in [0.25, 0.3) is 0 Å². The smallest absolute Gasteiger partial charge is 0.214 e. The molecule has 1 N–H and O–H groups in total. The summed E-state index contributed by atoms with van der Waals surface area (Å²) in [6.07, 6.45) is 0.839. The van der Waals surface area contributed by atoms with Crippen LogP contribution in [0.4, 0.5) is 10.2 Å². The highest BCUT2D eigenvalue weighted by Gasteiger charge is 2.34. The van der Waals surface area contributed by atoms with Gasteiger partial charge in [0.05, 0.1) is 6.61 Å². The van der Waals surface area contributed by atoms with Crippen LogP contribution in [-0.2, 0) is 9.47 Å². The molecule has 1 unspecified atom stereocenters. The van der Waals surface area contributed by atoms with Gasteiger partial charge in [-0.25, -0.2) is 4.98 Å². The highest BCUT2D eigenvalue weighted by Crippen LogP contribution is 2.22. The van der Waals surface area contributed by atoms with Gasteiger partial charge in [-0.15, -0.1) is 0 Å². The first-order chi connectivity index (χ1) is 7.74. The number of pyridine rings is 1. The Balaban J connectivity index is 1.95. The molecular formula is C11H15FN2O2. The van der Waals surface area contributed by atoms with Gasteiger partial charge in [-0.1, -0.05) is 6.07 Å². The maximum atomic E-state index is 12.8. The van der Waals surface area contributed by atoms with Crippen molar-refractivity contribution in [2.75, 3.05) is 32.2 Å². The predicted molar refractivity (Wildman–Crippen MR) is 57.9 cm³/mol. The van der Waals surface area contributed by atoms with E-state index in [4.69, 9.17) is 9.47 Å². The van der Waals surface area contributed by atoms with Crippen molar-refractivity contribution in [2.24, 2.45) is 0 Å². The average Bonchev–Trinajstić information content (AvgIpc) is 2.76. The van der Waals surface area contributed by atoms with E-state index < -0.39 is 5.95 Å². The summed E-state index contributed by atoms with van der Waals surface area (Å²) in [6, 6.07) is 4.66. The first kappa shape index (κ1) is 11.3. The van der Waals surface area contributed by atoms with E-state index in [1.54, 1.807) is 19.2 Å². The quantitative estimate of drug-likeness (QED) is 0.789. The summed E-state index contributed by atoms with van der Waals surface area (Å²) in [4.78, 5) is 3.73. The number of aromatic nitrogens is 1. The van der Waals surface area contributed by atoms with Gasteiger partial charge in [0.2, 0.25) is 5.95 Å². The molecule has 16 heavy (non-hydrogen) atoms. The number of nitrogens with one attached hydrogen (secondary N) is 1.